The number of hydrogen-bond donors (Lipinski definition) is 1. The monoisotopic (exact) mass is 266 g/mol. The quantitative estimate of drug-likeness (QED) is 0.786. The minimum absolute atomic E-state index is 0.202. The lowest BCUT2D eigenvalue weighted by atomic mass is 9.74. The molecule has 1 nitrogen and oxygen atoms in total. The molecule has 1 aliphatic carbocycles. The van der Waals surface area contributed by atoms with Crippen LogP contribution in [-0.4, -0.2) is 5.11 Å². The first-order chi connectivity index (χ1) is 9.81. The molecule has 0 bridgehead atoms. The zero-order chi connectivity index (χ0) is 13.8. The molecule has 1 saturated carbocycles. The Balaban J connectivity index is 2.04. The fourth-order valence-electron chi connectivity index (χ4n) is 3.53. The maximum Gasteiger partial charge on any atom is 0.0964 e. The fraction of sp³-hybridized carbons (Fsp3) is 0.368. The van der Waals surface area contributed by atoms with Crippen LogP contribution < -0.4 is 0 Å². The Bertz CT molecular complexity index is 534. The predicted octanol–water partition coefficient (Wildman–Crippen LogP) is 4.62. The van der Waals surface area contributed by atoms with E-state index in [4.69, 9.17) is 0 Å². The van der Waals surface area contributed by atoms with Crippen LogP contribution in [0.25, 0.3) is 0 Å². The molecule has 2 atom stereocenters. The third-order valence-electron chi connectivity index (χ3n) is 4.60. The molecule has 1 fully saturated rings. The van der Waals surface area contributed by atoms with Gasteiger partial charge in [0.1, 0.15) is 0 Å². The van der Waals surface area contributed by atoms with Crippen LogP contribution in [0.2, 0.25) is 0 Å². The summed E-state index contributed by atoms with van der Waals surface area (Å²) in [5.41, 5.74) is 1.61. The van der Waals surface area contributed by atoms with Gasteiger partial charge in [-0.25, -0.2) is 0 Å². The first-order valence-corrected chi connectivity index (χ1v) is 7.63. The summed E-state index contributed by atoms with van der Waals surface area (Å²) in [7, 11) is 0. The van der Waals surface area contributed by atoms with Crippen molar-refractivity contribution in [1.29, 1.82) is 0 Å². The molecule has 2 unspecified atom stereocenters. The Kier molecular flexibility index (Phi) is 3.88. The molecule has 2 aromatic carbocycles. The largest absolute Gasteiger partial charge is 0.385 e. The van der Waals surface area contributed by atoms with E-state index in [1.54, 1.807) is 0 Å². The highest BCUT2D eigenvalue weighted by molar-refractivity contribution is 5.31. The minimum atomic E-state index is -0.723. The molecule has 0 amide bonds. The molecule has 0 heterocycles. The SMILES string of the molecule is OC1(c2ccccc2)CCCCCC1c1ccccc1. The van der Waals surface area contributed by atoms with Gasteiger partial charge >= 0.3 is 0 Å². The Morgan fingerprint density at radius 2 is 1.45 bits per heavy atom. The second-order valence-corrected chi connectivity index (χ2v) is 5.85. The van der Waals surface area contributed by atoms with Gasteiger partial charge in [-0.2, -0.15) is 0 Å². The standard InChI is InChI=1S/C19H22O/c20-19(17-12-6-2-7-13-17)15-9-3-8-14-18(19)16-10-4-1-5-11-16/h1-2,4-7,10-13,18,20H,3,8-9,14-15H2. The van der Waals surface area contributed by atoms with Crippen LogP contribution in [0.1, 0.15) is 49.1 Å². The van der Waals surface area contributed by atoms with Crippen molar-refractivity contribution in [1.82, 2.24) is 0 Å². The first kappa shape index (κ1) is 13.4. The molecule has 20 heavy (non-hydrogen) atoms. The second-order valence-electron chi connectivity index (χ2n) is 5.85. The Morgan fingerprint density at radius 3 is 2.15 bits per heavy atom. The Labute approximate surface area is 121 Å². The summed E-state index contributed by atoms with van der Waals surface area (Å²) in [5.74, 6) is 0.202. The van der Waals surface area contributed by atoms with Gasteiger partial charge < -0.3 is 5.11 Å². The molecule has 2 aromatic rings. The summed E-state index contributed by atoms with van der Waals surface area (Å²) in [4.78, 5) is 0. The Hall–Kier alpha value is -1.60. The summed E-state index contributed by atoms with van der Waals surface area (Å²) in [6.45, 7) is 0. The van der Waals surface area contributed by atoms with Gasteiger partial charge in [-0.1, -0.05) is 79.9 Å². The highest BCUT2D eigenvalue weighted by Crippen LogP contribution is 2.45. The van der Waals surface area contributed by atoms with Crippen LogP contribution in [0.15, 0.2) is 60.7 Å². The van der Waals surface area contributed by atoms with Crippen LogP contribution in [-0.2, 0) is 5.60 Å². The van der Waals surface area contributed by atoms with E-state index in [2.05, 4.69) is 36.4 Å². The number of aliphatic hydroxyl groups is 1. The summed E-state index contributed by atoms with van der Waals surface area (Å²) in [6, 6.07) is 20.7. The smallest absolute Gasteiger partial charge is 0.0964 e. The van der Waals surface area contributed by atoms with Crippen molar-refractivity contribution in [3.05, 3.63) is 71.8 Å². The zero-order valence-electron chi connectivity index (χ0n) is 11.8. The van der Waals surface area contributed by atoms with Gasteiger partial charge in [0.25, 0.3) is 0 Å². The summed E-state index contributed by atoms with van der Waals surface area (Å²) in [6.07, 6.45) is 5.45. The van der Waals surface area contributed by atoms with Crippen LogP contribution in [0.5, 0.6) is 0 Å². The van der Waals surface area contributed by atoms with Crippen molar-refractivity contribution < 1.29 is 5.11 Å². The van der Waals surface area contributed by atoms with Crippen LogP contribution in [0, 0.1) is 0 Å². The lowest BCUT2D eigenvalue weighted by Gasteiger charge is -2.36. The van der Waals surface area contributed by atoms with Gasteiger partial charge in [-0.3, -0.25) is 0 Å². The lowest BCUT2D eigenvalue weighted by molar-refractivity contribution is 0.000116. The van der Waals surface area contributed by atoms with Crippen LogP contribution in [0.4, 0.5) is 0 Å². The molecule has 3 rings (SSSR count). The number of benzene rings is 2. The van der Waals surface area contributed by atoms with Gasteiger partial charge in [-0.15, -0.1) is 0 Å². The average molecular weight is 266 g/mol. The molecule has 1 N–H and O–H groups in total. The molecule has 1 aliphatic rings. The highest BCUT2D eigenvalue weighted by atomic mass is 16.3. The van der Waals surface area contributed by atoms with Gasteiger partial charge in [0.15, 0.2) is 0 Å². The molecule has 0 spiro atoms. The molecule has 0 aliphatic heterocycles. The summed E-state index contributed by atoms with van der Waals surface area (Å²) < 4.78 is 0. The van der Waals surface area contributed by atoms with Crippen molar-refractivity contribution in [2.24, 2.45) is 0 Å². The molecule has 0 aromatic heterocycles. The van der Waals surface area contributed by atoms with E-state index in [-0.39, 0.29) is 5.92 Å². The maximum absolute atomic E-state index is 11.4. The van der Waals surface area contributed by atoms with Crippen molar-refractivity contribution >= 4 is 0 Å². The van der Waals surface area contributed by atoms with Crippen molar-refractivity contribution in [2.75, 3.05) is 0 Å². The second kappa shape index (κ2) is 5.80. The van der Waals surface area contributed by atoms with E-state index >= 15 is 0 Å². The third kappa shape index (κ3) is 2.51. The normalized spacial score (nSPS) is 26.9. The molecule has 1 heteroatoms. The molecule has 0 radical (unpaired) electrons. The van der Waals surface area contributed by atoms with Crippen molar-refractivity contribution in [3.63, 3.8) is 0 Å². The third-order valence-corrected chi connectivity index (χ3v) is 4.60. The van der Waals surface area contributed by atoms with Crippen molar-refractivity contribution in [2.45, 2.75) is 43.6 Å². The van der Waals surface area contributed by atoms with Crippen LogP contribution >= 0.6 is 0 Å². The highest BCUT2D eigenvalue weighted by Gasteiger charge is 2.39. The number of hydrogen-bond acceptors (Lipinski definition) is 1. The van der Waals surface area contributed by atoms with Crippen LogP contribution in [0.3, 0.4) is 0 Å². The maximum atomic E-state index is 11.4. The lowest BCUT2D eigenvalue weighted by Crippen LogP contribution is -2.32. The van der Waals surface area contributed by atoms with E-state index in [1.807, 2.05) is 24.3 Å². The average Bonchev–Trinajstić information content (AvgIpc) is 2.72. The summed E-state index contributed by atoms with van der Waals surface area (Å²) in [5, 5.41) is 11.4. The van der Waals surface area contributed by atoms with Gasteiger partial charge in [0.05, 0.1) is 5.60 Å². The Morgan fingerprint density at radius 1 is 0.800 bits per heavy atom. The van der Waals surface area contributed by atoms with E-state index in [0.717, 1.165) is 24.8 Å². The van der Waals surface area contributed by atoms with Gasteiger partial charge in [0.2, 0.25) is 0 Å². The molecule has 104 valence electrons. The van der Waals surface area contributed by atoms with E-state index < -0.39 is 5.60 Å². The zero-order valence-corrected chi connectivity index (χ0v) is 11.8. The van der Waals surface area contributed by atoms with E-state index in [1.165, 1.54) is 18.4 Å². The van der Waals surface area contributed by atoms with Gasteiger partial charge in [0, 0.05) is 5.92 Å². The molecular weight excluding hydrogens is 244 g/mol. The summed E-state index contributed by atoms with van der Waals surface area (Å²) >= 11 is 0. The number of rotatable bonds is 2. The first-order valence-electron chi connectivity index (χ1n) is 7.63. The van der Waals surface area contributed by atoms with E-state index in [9.17, 15) is 5.11 Å². The molecule has 0 saturated heterocycles. The van der Waals surface area contributed by atoms with Crippen molar-refractivity contribution in [3.8, 4) is 0 Å². The fourth-order valence-corrected chi connectivity index (χ4v) is 3.53. The minimum Gasteiger partial charge on any atom is -0.385 e. The predicted molar refractivity (Wildman–Crippen MR) is 82.6 cm³/mol. The van der Waals surface area contributed by atoms with Gasteiger partial charge in [-0.05, 0) is 24.0 Å². The molecular formula is C19H22O. The topological polar surface area (TPSA) is 20.2 Å². The van der Waals surface area contributed by atoms with E-state index in [0.29, 0.717) is 0 Å².